The lowest BCUT2D eigenvalue weighted by molar-refractivity contribution is 0.0566. The van der Waals surface area contributed by atoms with E-state index >= 15 is 0 Å². The lowest BCUT2D eigenvalue weighted by Gasteiger charge is -2.36. The molecule has 18 heavy (non-hydrogen) atoms. The van der Waals surface area contributed by atoms with Crippen LogP contribution in [-0.4, -0.2) is 74.4 Å². The number of hydrogen-bond acceptors (Lipinski definition) is 4. The van der Waals surface area contributed by atoms with Crippen molar-refractivity contribution in [3.8, 4) is 0 Å². The Hall–Kier alpha value is -0.160. The normalized spacial score (nSPS) is 34.2. The highest BCUT2D eigenvalue weighted by Gasteiger charge is 2.26. The van der Waals surface area contributed by atoms with Gasteiger partial charge in [0.05, 0.1) is 13.2 Å². The minimum atomic E-state index is 0.543. The van der Waals surface area contributed by atoms with Crippen molar-refractivity contribution >= 4 is 0 Å². The number of hydrogen-bond donors (Lipinski definition) is 1. The first-order valence-electron chi connectivity index (χ1n) is 7.42. The van der Waals surface area contributed by atoms with E-state index in [1.54, 1.807) is 0 Å². The second-order valence-electron chi connectivity index (χ2n) is 6.01. The van der Waals surface area contributed by atoms with Gasteiger partial charge in [0.2, 0.25) is 0 Å². The number of rotatable bonds is 3. The van der Waals surface area contributed by atoms with E-state index in [2.05, 4.69) is 36.0 Å². The first-order chi connectivity index (χ1) is 8.66. The highest BCUT2D eigenvalue weighted by Crippen LogP contribution is 2.16. The highest BCUT2D eigenvalue weighted by atomic mass is 16.5. The van der Waals surface area contributed by atoms with E-state index in [4.69, 9.17) is 4.74 Å². The van der Waals surface area contributed by atoms with Crippen LogP contribution < -0.4 is 5.32 Å². The lowest BCUT2D eigenvalue weighted by Crippen LogP contribution is -2.49. The molecular formula is C14H29N3O. The number of nitrogens with zero attached hydrogens (tertiary/aromatic N) is 2. The zero-order chi connectivity index (χ0) is 13.0. The maximum atomic E-state index is 5.55. The summed E-state index contributed by atoms with van der Waals surface area (Å²) in [5, 5.41) is 3.57. The number of nitrogens with one attached hydrogen (secondary N) is 1. The van der Waals surface area contributed by atoms with Crippen LogP contribution in [0.25, 0.3) is 0 Å². The van der Waals surface area contributed by atoms with Crippen molar-refractivity contribution in [1.29, 1.82) is 0 Å². The van der Waals surface area contributed by atoms with E-state index in [0.717, 1.165) is 19.8 Å². The van der Waals surface area contributed by atoms with Crippen molar-refractivity contribution in [1.82, 2.24) is 15.1 Å². The van der Waals surface area contributed by atoms with Gasteiger partial charge >= 0.3 is 0 Å². The Morgan fingerprint density at radius 2 is 2.22 bits per heavy atom. The predicted octanol–water partition coefficient (Wildman–Crippen LogP) is 0.779. The largest absolute Gasteiger partial charge is 0.379 e. The molecule has 4 nitrogen and oxygen atoms in total. The zero-order valence-electron chi connectivity index (χ0n) is 12.2. The third-order valence-electron chi connectivity index (χ3n) is 4.29. The van der Waals surface area contributed by atoms with Crippen LogP contribution in [0.3, 0.4) is 0 Å². The quantitative estimate of drug-likeness (QED) is 0.806. The van der Waals surface area contributed by atoms with Gasteiger partial charge in [0.1, 0.15) is 0 Å². The minimum Gasteiger partial charge on any atom is -0.379 e. The molecule has 2 saturated heterocycles. The number of morpholine rings is 1. The fraction of sp³-hybridized carbons (Fsp3) is 1.00. The zero-order valence-corrected chi connectivity index (χ0v) is 12.2. The molecule has 106 valence electrons. The van der Waals surface area contributed by atoms with Gasteiger partial charge in [0.25, 0.3) is 0 Å². The van der Waals surface area contributed by atoms with Crippen molar-refractivity contribution in [2.75, 3.05) is 46.4 Å². The molecule has 3 unspecified atom stereocenters. The monoisotopic (exact) mass is 255 g/mol. The van der Waals surface area contributed by atoms with Gasteiger partial charge in [-0.3, -0.25) is 4.90 Å². The summed E-state index contributed by atoms with van der Waals surface area (Å²) < 4.78 is 5.55. The van der Waals surface area contributed by atoms with Crippen molar-refractivity contribution in [2.24, 2.45) is 0 Å². The standard InChI is InChI=1S/C14H29N3O/c1-12(9-14-11-18-8-5-15-14)17-7-4-6-16(3)10-13(17)2/h12-15H,4-11H2,1-3H3. The van der Waals surface area contributed by atoms with E-state index in [1.807, 2.05) is 0 Å². The smallest absolute Gasteiger partial charge is 0.0620 e. The Labute approximate surface area is 112 Å². The average Bonchev–Trinajstić information content (AvgIpc) is 2.51. The fourth-order valence-corrected chi connectivity index (χ4v) is 3.36. The summed E-state index contributed by atoms with van der Waals surface area (Å²) >= 11 is 0. The van der Waals surface area contributed by atoms with Crippen molar-refractivity contribution in [3.05, 3.63) is 0 Å². The summed E-state index contributed by atoms with van der Waals surface area (Å²) in [7, 11) is 2.24. The summed E-state index contributed by atoms with van der Waals surface area (Å²) in [4.78, 5) is 5.14. The topological polar surface area (TPSA) is 27.7 Å². The van der Waals surface area contributed by atoms with E-state index < -0.39 is 0 Å². The summed E-state index contributed by atoms with van der Waals surface area (Å²) in [5.74, 6) is 0. The number of ether oxygens (including phenoxy) is 1. The molecule has 0 aromatic rings. The third kappa shape index (κ3) is 3.92. The summed E-state index contributed by atoms with van der Waals surface area (Å²) in [6.45, 7) is 11.2. The molecule has 4 heteroatoms. The molecule has 2 heterocycles. The molecule has 2 rings (SSSR count). The molecule has 0 spiro atoms. The van der Waals surface area contributed by atoms with E-state index in [9.17, 15) is 0 Å². The molecule has 0 aromatic carbocycles. The molecule has 0 bridgehead atoms. The maximum absolute atomic E-state index is 5.55. The summed E-state index contributed by atoms with van der Waals surface area (Å²) in [6.07, 6.45) is 2.49. The molecule has 1 N–H and O–H groups in total. The molecule has 3 atom stereocenters. The van der Waals surface area contributed by atoms with Crippen LogP contribution in [0.1, 0.15) is 26.7 Å². The third-order valence-corrected chi connectivity index (χ3v) is 4.29. The lowest BCUT2D eigenvalue weighted by atomic mass is 10.0. The Balaban J connectivity index is 1.84. The van der Waals surface area contributed by atoms with Gasteiger partial charge in [-0.15, -0.1) is 0 Å². The summed E-state index contributed by atoms with van der Waals surface area (Å²) in [6, 6.07) is 1.85. The molecule has 2 aliphatic rings. The molecule has 0 aromatic heterocycles. The Bertz CT molecular complexity index is 243. The van der Waals surface area contributed by atoms with Crippen LogP contribution in [0, 0.1) is 0 Å². The first-order valence-corrected chi connectivity index (χ1v) is 7.42. The van der Waals surface area contributed by atoms with Gasteiger partial charge in [0.15, 0.2) is 0 Å². The van der Waals surface area contributed by atoms with Crippen LogP contribution >= 0.6 is 0 Å². The molecular weight excluding hydrogens is 226 g/mol. The molecule has 2 fully saturated rings. The highest BCUT2D eigenvalue weighted by molar-refractivity contribution is 4.83. The molecule has 0 saturated carbocycles. The van der Waals surface area contributed by atoms with E-state index in [0.29, 0.717) is 18.1 Å². The second kappa shape index (κ2) is 6.85. The maximum Gasteiger partial charge on any atom is 0.0620 e. The van der Waals surface area contributed by atoms with Crippen molar-refractivity contribution in [3.63, 3.8) is 0 Å². The van der Waals surface area contributed by atoms with Gasteiger partial charge < -0.3 is 15.0 Å². The Morgan fingerprint density at radius 3 is 2.94 bits per heavy atom. The van der Waals surface area contributed by atoms with Gasteiger partial charge in [-0.1, -0.05) is 0 Å². The summed E-state index contributed by atoms with van der Waals surface area (Å²) in [5.41, 5.74) is 0. The molecule has 0 radical (unpaired) electrons. The van der Waals surface area contributed by atoms with Crippen LogP contribution in [-0.2, 0) is 4.74 Å². The molecule has 2 aliphatic heterocycles. The second-order valence-corrected chi connectivity index (χ2v) is 6.01. The minimum absolute atomic E-state index is 0.543. The van der Waals surface area contributed by atoms with E-state index in [1.165, 1.54) is 32.5 Å². The number of likely N-dealkylation sites (N-methyl/N-ethyl adjacent to an activating group) is 1. The van der Waals surface area contributed by atoms with Gasteiger partial charge in [-0.2, -0.15) is 0 Å². The average molecular weight is 255 g/mol. The van der Waals surface area contributed by atoms with Crippen LogP contribution in [0.15, 0.2) is 0 Å². The SMILES string of the molecule is CC(CC1COCCN1)N1CCCN(C)CC1C. The van der Waals surface area contributed by atoms with Crippen molar-refractivity contribution in [2.45, 2.75) is 44.8 Å². The van der Waals surface area contributed by atoms with Crippen LogP contribution in [0.5, 0.6) is 0 Å². The van der Waals surface area contributed by atoms with Crippen LogP contribution in [0.2, 0.25) is 0 Å². The fourth-order valence-electron chi connectivity index (χ4n) is 3.36. The Kier molecular flexibility index (Phi) is 5.42. The van der Waals surface area contributed by atoms with E-state index in [-0.39, 0.29) is 0 Å². The molecule has 0 amide bonds. The first kappa shape index (κ1) is 14.3. The van der Waals surface area contributed by atoms with Gasteiger partial charge in [-0.05, 0) is 46.8 Å². The Morgan fingerprint density at radius 1 is 1.39 bits per heavy atom. The molecule has 0 aliphatic carbocycles. The predicted molar refractivity (Wildman–Crippen MR) is 75.0 cm³/mol. The van der Waals surface area contributed by atoms with Crippen molar-refractivity contribution < 1.29 is 4.74 Å². The van der Waals surface area contributed by atoms with Gasteiger partial charge in [-0.25, -0.2) is 0 Å². The van der Waals surface area contributed by atoms with Crippen LogP contribution in [0.4, 0.5) is 0 Å². The van der Waals surface area contributed by atoms with Gasteiger partial charge in [0, 0.05) is 31.2 Å².